The molecule has 0 atom stereocenters. The van der Waals surface area contributed by atoms with Crippen LogP contribution in [0.15, 0.2) is 48.8 Å². The molecule has 0 saturated heterocycles. The normalized spacial score (nSPS) is 10.7. The summed E-state index contributed by atoms with van der Waals surface area (Å²) in [6.45, 7) is 2.88. The highest BCUT2D eigenvalue weighted by atomic mass is 15.0. The van der Waals surface area contributed by atoms with Gasteiger partial charge in [-0.05, 0) is 19.1 Å². The maximum Gasteiger partial charge on any atom is 0.144 e. The maximum atomic E-state index is 4.66. The molecule has 0 aliphatic carbocycles. The van der Waals surface area contributed by atoms with Gasteiger partial charge >= 0.3 is 0 Å². The van der Waals surface area contributed by atoms with Gasteiger partial charge in [-0.1, -0.05) is 24.3 Å². The monoisotopic (exact) mass is 264 g/mol. The molecule has 0 aliphatic rings. The molecule has 2 aromatic heterocycles. The third kappa shape index (κ3) is 2.74. The van der Waals surface area contributed by atoms with E-state index in [1.54, 1.807) is 12.4 Å². The molecule has 2 heterocycles. The lowest BCUT2D eigenvalue weighted by Crippen LogP contribution is -2.03. The molecule has 3 rings (SSSR count). The van der Waals surface area contributed by atoms with Crippen molar-refractivity contribution in [1.29, 1.82) is 0 Å². The van der Waals surface area contributed by atoms with Crippen LogP contribution in [0.2, 0.25) is 0 Å². The quantitative estimate of drug-likeness (QED) is 0.787. The Morgan fingerprint density at radius 2 is 1.85 bits per heavy atom. The second-order valence-electron chi connectivity index (χ2n) is 4.60. The van der Waals surface area contributed by atoms with Crippen molar-refractivity contribution in [3.05, 3.63) is 60.2 Å². The average Bonchev–Trinajstić information content (AvgIpc) is 2.48. The molecule has 4 heteroatoms. The first-order valence-corrected chi connectivity index (χ1v) is 6.74. The van der Waals surface area contributed by atoms with Crippen LogP contribution in [-0.2, 0) is 6.42 Å². The van der Waals surface area contributed by atoms with Gasteiger partial charge < -0.3 is 5.32 Å². The SMILES string of the molecule is CCNc1cncc(Cc2ccc3ccccc3n2)n1. The zero-order valence-electron chi connectivity index (χ0n) is 11.4. The van der Waals surface area contributed by atoms with Crippen molar-refractivity contribution in [2.24, 2.45) is 0 Å². The predicted molar refractivity (Wildman–Crippen MR) is 80.7 cm³/mol. The number of nitrogens with one attached hydrogen (secondary N) is 1. The molecule has 0 spiro atoms. The molecule has 0 bridgehead atoms. The fraction of sp³-hybridized carbons (Fsp3) is 0.188. The van der Waals surface area contributed by atoms with Crippen molar-refractivity contribution in [3.63, 3.8) is 0 Å². The topological polar surface area (TPSA) is 50.7 Å². The fourth-order valence-electron chi connectivity index (χ4n) is 2.15. The Morgan fingerprint density at radius 1 is 0.950 bits per heavy atom. The van der Waals surface area contributed by atoms with Crippen molar-refractivity contribution in [2.75, 3.05) is 11.9 Å². The molecule has 1 aromatic carbocycles. The molecule has 1 N–H and O–H groups in total. The molecule has 4 nitrogen and oxygen atoms in total. The van der Waals surface area contributed by atoms with Crippen LogP contribution in [0, 0.1) is 0 Å². The third-order valence-electron chi connectivity index (χ3n) is 3.06. The highest BCUT2D eigenvalue weighted by Crippen LogP contribution is 2.14. The molecule has 0 radical (unpaired) electrons. The van der Waals surface area contributed by atoms with Gasteiger partial charge in [0, 0.05) is 30.2 Å². The number of anilines is 1. The van der Waals surface area contributed by atoms with E-state index >= 15 is 0 Å². The van der Waals surface area contributed by atoms with Crippen LogP contribution in [0.5, 0.6) is 0 Å². The van der Waals surface area contributed by atoms with E-state index in [2.05, 4.69) is 32.4 Å². The second-order valence-corrected chi connectivity index (χ2v) is 4.60. The van der Waals surface area contributed by atoms with Crippen molar-refractivity contribution >= 4 is 16.7 Å². The maximum absolute atomic E-state index is 4.66. The molecule has 0 unspecified atom stereocenters. The minimum atomic E-state index is 0.692. The number of fused-ring (bicyclic) bond motifs is 1. The van der Waals surface area contributed by atoms with Crippen LogP contribution in [0.3, 0.4) is 0 Å². The van der Waals surface area contributed by atoms with Gasteiger partial charge in [-0.15, -0.1) is 0 Å². The van der Waals surface area contributed by atoms with Crippen LogP contribution < -0.4 is 5.32 Å². The van der Waals surface area contributed by atoms with E-state index in [0.717, 1.165) is 34.7 Å². The fourth-order valence-corrected chi connectivity index (χ4v) is 2.15. The Balaban J connectivity index is 1.87. The number of hydrogen-bond donors (Lipinski definition) is 1. The summed E-state index contributed by atoms with van der Waals surface area (Å²) in [5.74, 6) is 0.811. The molecular weight excluding hydrogens is 248 g/mol. The van der Waals surface area contributed by atoms with Gasteiger partial charge in [-0.3, -0.25) is 9.97 Å². The Hall–Kier alpha value is -2.49. The first kappa shape index (κ1) is 12.5. The van der Waals surface area contributed by atoms with Gasteiger partial charge in [0.25, 0.3) is 0 Å². The number of para-hydroxylation sites is 1. The van der Waals surface area contributed by atoms with Gasteiger partial charge in [0.2, 0.25) is 0 Å². The Bertz CT molecular complexity index is 724. The van der Waals surface area contributed by atoms with E-state index in [4.69, 9.17) is 0 Å². The standard InChI is InChI=1S/C16H16N4/c1-2-18-16-11-17-10-14(20-16)9-13-8-7-12-5-3-4-6-15(12)19-13/h3-8,10-11H,2,9H2,1H3,(H,18,20). The molecular formula is C16H16N4. The number of aromatic nitrogens is 3. The van der Waals surface area contributed by atoms with Crippen LogP contribution in [-0.4, -0.2) is 21.5 Å². The largest absolute Gasteiger partial charge is 0.369 e. The first-order chi connectivity index (χ1) is 9.85. The van der Waals surface area contributed by atoms with E-state index < -0.39 is 0 Å². The Morgan fingerprint density at radius 3 is 2.75 bits per heavy atom. The summed E-state index contributed by atoms with van der Waals surface area (Å²) in [5, 5.41) is 4.33. The zero-order chi connectivity index (χ0) is 13.8. The molecule has 0 fully saturated rings. The number of pyridine rings is 1. The summed E-state index contributed by atoms with van der Waals surface area (Å²) in [6.07, 6.45) is 4.22. The average molecular weight is 264 g/mol. The van der Waals surface area contributed by atoms with Crippen molar-refractivity contribution in [3.8, 4) is 0 Å². The van der Waals surface area contributed by atoms with Crippen LogP contribution in [0.25, 0.3) is 10.9 Å². The first-order valence-electron chi connectivity index (χ1n) is 6.74. The molecule has 0 saturated carbocycles. The van der Waals surface area contributed by atoms with Gasteiger partial charge in [0.1, 0.15) is 5.82 Å². The van der Waals surface area contributed by atoms with E-state index in [0.29, 0.717) is 6.42 Å². The van der Waals surface area contributed by atoms with Crippen molar-refractivity contribution < 1.29 is 0 Å². The lowest BCUT2D eigenvalue weighted by molar-refractivity contribution is 0.988. The predicted octanol–water partition coefficient (Wildman–Crippen LogP) is 3.05. The van der Waals surface area contributed by atoms with E-state index in [-0.39, 0.29) is 0 Å². The minimum Gasteiger partial charge on any atom is -0.369 e. The molecule has 0 amide bonds. The smallest absolute Gasteiger partial charge is 0.144 e. The third-order valence-corrected chi connectivity index (χ3v) is 3.06. The molecule has 20 heavy (non-hydrogen) atoms. The van der Waals surface area contributed by atoms with E-state index in [9.17, 15) is 0 Å². The number of hydrogen-bond acceptors (Lipinski definition) is 4. The summed E-state index contributed by atoms with van der Waals surface area (Å²) < 4.78 is 0. The van der Waals surface area contributed by atoms with Crippen molar-refractivity contribution in [1.82, 2.24) is 15.0 Å². The van der Waals surface area contributed by atoms with Crippen LogP contribution in [0.4, 0.5) is 5.82 Å². The van der Waals surface area contributed by atoms with Crippen LogP contribution >= 0.6 is 0 Å². The van der Waals surface area contributed by atoms with Gasteiger partial charge in [-0.25, -0.2) is 4.98 Å². The second kappa shape index (κ2) is 5.65. The van der Waals surface area contributed by atoms with Crippen LogP contribution in [0.1, 0.15) is 18.3 Å². The Kier molecular flexibility index (Phi) is 3.54. The summed E-state index contributed by atoms with van der Waals surface area (Å²) >= 11 is 0. The molecule has 0 aliphatic heterocycles. The summed E-state index contributed by atoms with van der Waals surface area (Å²) in [7, 11) is 0. The molecule has 3 aromatic rings. The van der Waals surface area contributed by atoms with E-state index in [1.165, 1.54) is 0 Å². The lowest BCUT2D eigenvalue weighted by atomic mass is 10.1. The Labute approximate surface area is 117 Å². The number of benzene rings is 1. The molecule has 100 valence electrons. The highest BCUT2D eigenvalue weighted by molar-refractivity contribution is 5.78. The summed E-state index contributed by atoms with van der Waals surface area (Å²) in [6, 6.07) is 12.3. The summed E-state index contributed by atoms with van der Waals surface area (Å²) in [4.78, 5) is 13.4. The number of rotatable bonds is 4. The van der Waals surface area contributed by atoms with E-state index in [1.807, 2.05) is 31.2 Å². The number of nitrogens with zero attached hydrogens (tertiary/aromatic N) is 3. The van der Waals surface area contributed by atoms with Crippen molar-refractivity contribution in [2.45, 2.75) is 13.3 Å². The minimum absolute atomic E-state index is 0.692. The van der Waals surface area contributed by atoms with Gasteiger partial charge in [0.15, 0.2) is 0 Å². The highest BCUT2D eigenvalue weighted by Gasteiger charge is 2.03. The van der Waals surface area contributed by atoms with Gasteiger partial charge in [0.05, 0.1) is 17.4 Å². The zero-order valence-corrected chi connectivity index (χ0v) is 11.4. The summed E-state index contributed by atoms with van der Waals surface area (Å²) in [5.41, 5.74) is 2.94. The van der Waals surface area contributed by atoms with Gasteiger partial charge in [-0.2, -0.15) is 0 Å². The lowest BCUT2D eigenvalue weighted by Gasteiger charge is -2.05.